The summed E-state index contributed by atoms with van der Waals surface area (Å²) in [5.41, 5.74) is 5.70. The van der Waals surface area contributed by atoms with Crippen LogP contribution >= 0.6 is 0 Å². The number of hydrogen-bond acceptors (Lipinski definition) is 5. The summed E-state index contributed by atoms with van der Waals surface area (Å²) >= 11 is 0. The SMILES string of the molecule is CCOC(=O)c1c(C)n(Cc2ccccc2)c2ccc(OCC(O)CNC(c3ccccc3)c3ccccc3)cc12. The molecule has 2 N–H and O–H groups in total. The zero-order valence-electron chi connectivity index (χ0n) is 23.5. The Morgan fingerprint density at radius 3 is 2.10 bits per heavy atom. The fourth-order valence-corrected chi connectivity index (χ4v) is 5.21. The second-order valence-corrected chi connectivity index (χ2v) is 10.1. The molecule has 0 bridgehead atoms. The van der Waals surface area contributed by atoms with Gasteiger partial charge in [-0.15, -0.1) is 0 Å². The summed E-state index contributed by atoms with van der Waals surface area (Å²) in [4.78, 5) is 13.0. The van der Waals surface area contributed by atoms with E-state index in [1.54, 1.807) is 6.92 Å². The molecular formula is C35H36N2O4. The largest absolute Gasteiger partial charge is 0.491 e. The number of carbonyl (C=O) groups excluding carboxylic acids is 1. The van der Waals surface area contributed by atoms with Gasteiger partial charge in [0.25, 0.3) is 0 Å². The van der Waals surface area contributed by atoms with E-state index < -0.39 is 6.10 Å². The number of nitrogens with zero attached hydrogens (tertiary/aromatic N) is 1. The van der Waals surface area contributed by atoms with Gasteiger partial charge in [-0.1, -0.05) is 91.0 Å². The third kappa shape index (κ3) is 6.68. The van der Waals surface area contributed by atoms with E-state index in [1.807, 2.05) is 79.7 Å². The van der Waals surface area contributed by atoms with E-state index in [2.05, 4.69) is 46.3 Å². The van der Waals surface area contributed by atoms with Crippen molar-refractivity contribution in [2.75, 3.05) is 19.8 Å². The second kappa shape index (κ2) is 13.3. The number of esters is 1. The standard InChI is InChI=1S/C35H36N2O4/c1-3-40-35(39)33-25(2)37(23-26-13-7-4-8-14-26)32-20-19-30(21-31(32)33)41-24-29(38)22-36-34(27-15-9-5-10-16-27)28-17-11-6-12-18-28/h4-21,29,34,36,38H,3,22-24H2,1-2H3. The van der Waals surface area contributed by atoms with E-state index >= 15 is 0 Å². The zero-order chi connectivity index (χ0) is 28.6. The van der Waals surface area contributed by atoms with E-state index in [0.717, 1.165) is 33.3 Å². The van der Waals surface area contributed by atoms with Crippen LogP contribution in [-0.2, 0) is 11.3 Å². The molecule has 6 heteroatoms. The van der Waals surface area contributed by atoms with Gasteiger partial charge in [-0.3, -0.25) is 0 Å². The van der Waals surface area contributed by atoms with Crippen molar-refractivity contribution in [2.24, 2.45) is 0 Å². The maximum absolute atomic E-state index is 13.0. The highest BCUT2D eigenvalue weighted by Gasteiger charge is 2.22. The van der Waals surface area contributed by atoms with Crippen molar-refractivity contribution in [3.8, 4) is 5.75 Å². The lowest BCUT2D eigenvalue weighted by atomic mass is 9.98. The highest BCUT2D eigenvalue weighted by atomic mass is 16.5. The molecule has 1 aromatic heterocycles. The molecule has 0 amide bonds. The monoisotopic (exact) mass is 548 g/mol. The summed E-state index contributed by atoms with van der Waals surface area (Å²) in [6.45, 7) is 5.13. The van der Waals surface area contributed by atoms with Gasteiger partial charge in [-0.25, -0.2) is 4.79 Å². The van der Waals surface area contributed by atoms with Gasteiger partial charge in [0.2, 0.25) is 0 Å². The van der Waals surface area contributed by atoms with E-state index in [1.165, 1.54) is 0 Å². The highest BCUT2D eigenvalue weighted by molar-refractivity contribution is 6.06. The number of carbonyl (C=O) groups is 1. The Kier molecular flexibility index (Phi) is 9.14. The Hall–Kier alpha value is -4.39. The van der Waals surface area contributed by atoms with Gasteiger partial charge in [0, 0.05) is 29.7 Å². The van der Waals surface area contributed by atoms with E-state index in [9.17, 15) is 9.90 Å². The van der Waals surface area contributed by atoms with Crippen molar-refractivity contribution in [1.29, 1.82) is 0 Å². The molecule has 5 rings (SSSR count). The van der Waals surface area contributed by atoms with Gasteiger partial charge in [0.15, 0.2) is 0 Å². The predicted molar refractivity (Wildman–Crippen MR) is 162 cm³/mol. The van der Waals surface area contributed by atoms with Crippen molar-refractivity contribution in [2.45, 2.75) is 32.5 Å². The van der Waals surface area contributed by atoms with Crippen LogP contribution in [0.3, 0.4) is 0 Å². The number of hydrogen-bond donors (Lipinski definition) is 2. The number of benzene rings is 4. The molecule has 5 aromatic rings. The third-order valence-corrected chi connectivity index (χ3v) is 7.22. The summed E-state index contributed by atoms with van der Waals surface area (Å²) < 4.78 is 13.6. The first kappa shape index (κ1) is 28.1. The molecule has 0 radical (unpaired) electrons. The van der Waals surface area contributed by atoms with Crippen molar-refractivity contribution in [3.05, 3.63) is 137 Å². The molecule has 4 aromatic carbocycles. The highest BCUT2D eigenvalue weighted by Crippen LogP contribution is 2.31. The Labute approximate surface area is 241 Å². The summed E-state index contributed by atoms with van der Waals surface area (Å²) in [6, 6.07) is 36.2. The molecule has 0 saturated heterocycles. The number of fused-ring (bicyclic) bond motifs is 1. The number of ether oxygens (including phenoxy) is 2. The molecule has 0 spiro atoms. The summed E-state index contributed by atoms with van der Waals surface area (Å²) in [5.74, 6) is 0.234. The van der Waals surface area contributed by atoms with Gasteiger partial charge in [0.1, 0.15) is 18.5 Å². The molecule has 1 heterocycles. The fourth-order valence-electron chi connectivity index (χ4n) is 5.21. The number of aliphatic hydroxyl groups is 1. The lowest BCUT2D eigenvalue weighted by Crippen LogP contribution is -2.34. The predicted octanol–water partition coefficient (Wildman–Crippen LogP) is 6.29. The van der Waals surface area contributed by atoms with Gasteiger partial charge < -0.3 is 24.5 Å². The Balaban J connectivity index is 1.32. The topological polar surface area (TPSA) is 72.7 Å². The molecule has 210 valence electrons. The smallest absolute Gasteiger partial charge is 0.340 e. The summed E-state index contributed by atoms with van der Waals surface area (Å²) in [6.07, 6.45) is -0.741. The minimum Gasteiger partial charge on any atom is -0.491 e. The number of nitrogens with one attached hydrogen (secondary N) is 1. The van der Waals surface area contributed by atoms with E-state index in [-0.39, 0.29) is 18.6 Å². The maximum atomic E-state index is 13.0. The Morgan fingerprint density at radius 1 is 0.878 bits per heavy atom. The minimum absolute atomic E-state index is 0.0529. The second-order valence-electron chi connectivity index (χ2n) is 10.1. The first-order valence-electron chi connectivity index (χ1n) is 14.0. The molecule has 41 heavy (non-hydrogen) atoms. The molecule has 0 aliphatic heterocycles. The lowest BCUT2D eigenvalue weighted by Gasteiger charge is -2.22. The Morgan fingerprint density at radius 2 is 1.49 bits per heavy atom. The fraction of sp³-hybridized carbons (Fsp3) is 0.229. The molecular weight excluding hydrogens is 512 g/mol. The van der Waals surface area contributed by atoms with E-state index in [4.69, 9.17) is 9.47 Å². The first-order valence-corrected chi connectivity index (χ1v) is 14.0. The molecule has 0 saturated carbocycles. The number of aliphatic hydroxyl groups excluding tert-OH is 1. The van der Waals surface area contributed by atoms with Gasteiger partial charge in [-0.2, -0.15) is 0 Å². The molecule has 1 atom stereocenters. The van der Waals surface area contributed by atoms with Crippen molar-refractivity contribution in [1.82, 2.24) is 9.88 Å². The normalized spacial score (nSPS) is 12.0. The molecule has 0 fully saturated rings. The van der Waals surface area contributed by atoms with Crippen molar-refractivity contribution in [3.63, 3.8) is 0 Å². The minimum atomic E-state index is -0.741. The van der Waals surface area contributed by atoms with Crippen LogP contribution in [0.5, 0.6) is 5.75 Å². The van der Waals surface area contributed by atoms with E-state index in [0.29, 0.717) is 31.0 Å². The molecule has 0 aliphatic carbocycles. The maximum Gasteiger partial charge on any atom is 0.340 e. The average molecular weight is 549 g/mol. The van der Waals surface area contributed by atoms with Crippen molar-refractivity contribution >= 4 is 16.9 Å². The zero-order valence-corrected chi connectivity index (χ0v) is 23.5. The lowest BCUT2D eigenvalue weighted by molar-refractivity contribution is 0.0527. The summed E-state index contributed by atoms with van der Waals surface area (Å²) in [7, 11) is 0. The van der Waals surface area contributed by atoms with Gasteiger partial charge in [0.05, 0.1) is 18.2 Å². The Bertz CT molecular complexity index is 1530. The summed E-state index contributed by atoms with van der Waals surface area (Å²) in [5, 5.41) is 15.1. The van der Waals surface area contributed by atoms with Crippen LogP contribution < -0.4 is 10.1 Å². The molecule has 6 nitrogen and oxygen atoms in total. The van der Waals surface area contributed by atoms with Crippen LogP contribution in [0.15, 0.2) is 109 Å². The average Bonchev–Trinajstić information content (AvgIpc) is 3.28. The van der Waals surface area contributed by atoms with Gasteiger partial charge >= 0.3 is 5.97 Å². The van der Waals surface area contributed by atoms with Crippen LogP contribution in [-0.4, -0.2) is 41.5 Å². The first-order chi connectivity index (χ1) is 20.0. The van der Waals surface area contributed by atoms with Crippen LogP contribution in [0.2, 0.25) is 0 Å². The molecule has 1 unspecified atom stereocenters. The van der Waals surface area contributed by atoms with Crippen LogP contribution in [0.25, 0.3) is 10.9 Å². The number of rotatable bonds is 12. The van der Waals surface area contributed by atoms with Crippen molar-refractivity contribution < 1.29 is 19.4 Å². The van der Waals surface area contributed by atoms with Crippen LogP contribution in [0.1, 0.15) is 45.7 Å². The molecule has 0 aliphatic rings. The van der Waals surface area contributed by atoms with Crippen LogP contribution in [0, 0.1) is 6.92 Å². The quantitative estimate of drug-likeness (QED) is 0.179. The number of aromatic nitrogens is 1. The third-order valence-electron chi connectivity index (χ3n) is 7.22. The van der Waals surface area contributed by atoms with Gasteiger partial charge in [-0.05, 0) is 48.7 Å². The van der Waals surface area contributed by atoms with Crippen LogP contribution in [0.4, 0.5) is 0 Å².